The zero-order valence-electron chi connectivity index (χ0n) is 11.4. The van der Waals surface area contributed by atoms with Crippen molar-refractivity contribution < 1.29 is 4.79 Å². The third kappa shape index (κ3) is 5.62. The fourth-order valence-electron chi connectivity index (χ4n) is 1.75. The van der Waals surface area contributed by atoms with Crippen molar-refractivity contribution >= 4 is 17.2 Å². The second kappa shape index (κ2) is 6.87. The van der Waals surface area contributed by atoms with Gasteiger partial charge in [0.1, 0.15) is 0 Å². The molecular weight excluding hydrogens is 246 g/mol. The average Bonchev–Trinajstić information content (AvgIpc) is 2.78. The van der Waals surface area contributed by atoms with E-state index >= 15 is 0 Å². The number of hydrogen-bond donors (Lipinski definition) is 2. The number of nitrogens with zero attached hydrogens (tertiary/aromatic N) is 1. The highest BCUT2D eigenvalue weighted by Gasteiger charge is 2.19. The molecule has 0 radical (unpaired) electrons. The summed E-state index contributed by atoms with van der Waals surface area (Å²) in [6, 6.07) is 4.01. The number of carbonyl (C=O) groups is 1. The normalized spacial score (nSPS) is 11.8. The minimum absolute atomic E-state index is 0.0444. The summed E-state index contributed by atoms with van der Waals surface area (Å²) in [5, 5.41) is 4.93. The number of nitrogens with one attached hydrogen (secondary N) is 1. The molecule has 0 aromatic carbocycles. The van der Waals surface area contributed by atoms with Gasteiger partial charge in [-0.3, -0.25) is 9.69 Å². The van der Waals surface area contributed by atoms with Gasteiger partial charge in [0, 0.05) is 11.4 Å². The Morgan fingerprint density at radius 3 is 2.83 bits per heavy atom. The Hall–Kier alpha value is -0.910. The Morgan fingerprint density at radius 2 is 2.28 bits per heavy atom. The van der Waals surface area contributed by atoms with Crippen molar-refractivity contribution in [2.24, 2.45) is 11.1 Å². The van der Waals surface area contributed by atoms with E-state index < -0.39 is 0 Å². The zero-order chi connectivity index (χ0) is 13.6. The van der Waals surface area contributed by atoms with Crippen molar-refractivity contribution in [1.29, 1.82) is 0 Å². The number of likely N-dealkylation sites (N-methyl/N-ethyl adjacent to an activating group) is 1. The molecule has 0 saturated carbocycles. The summed E-state index contributed by atoms with van der Waals surface area (Å²) in [5.74, 6) is 0.0544. The van der Waals surface area contributed by atoms with E-state index in [1.165, 1.54) is 4.88 Å². The van der Waals surface area contributed by atoms with Crippen molar-refractivity contribution in [2.45, 2.75) is 20.4 Å². The minimum Gasteiger partial charge on any atom is -0.350 e. The molecule has 0 aliphatic heterocycles. The topological polar surface area (TPSA) is 58.4 Å². The van der Waals surface area contributed by atoms with Crippen LogP contribution >= 0.6 is 11.3 Å². The van der Waals surface area contributed by atoms with Crippen LogP contribution in [-0.2, 0) is 11.3 Å². The van der Waals surface area contributed by atoms with E-state index in [2.05, 4.69) is 19.2 Å². The molecule has 0 fully saturated rings. The molecular formula is C13H23N3OS. The zero-order valence-corrected chi connectivity index (χ0v) is 12.2. The van der Waals surface area contributed by atoms with Gasteiger partial charge in [-0.15, -0.1) is 11.3 Å². The smallest absolute Gasteiger partial charge is 0.234 e. The van der Waals surface area contributed by atoms with Crippen LogP contribution in [-0.4, -0.2) is 37.5 Å². The van der Waals surface area contributed by atoms with Crippen molar-refractivity contribution in [2.75, 3.05) is 26.7 Å². The van der Waals surface area contributed by atoms with Gasteiger partial charge in [-0.1, -0.05) is 19.9 Å². The second-order valence-electron chi connectivity index (χ2n) is 5.40. The van der Waals surface area contributed by atoms with Gasteiger partial charge in [-0.25, -0.2) is 0 Å². The summed E-state index contributed by atoms with van der Waals surface area (Å²) in [7, 11) is 1.95. The number of amides is 1. The average molecular weight is 269 g/mol. The number of hydrogen-bond acceptors (Lipinski definition) is 4. The molecule has 1 heterocycles. The molecule has 0 bridgehead atoms. The first-order chi connectivity index (χ1) is 8.43. The molecule has 0 atom stereocenters. The van der Waals surface area contributed by atoms with Crippen LogP contribution < -0.4 is 11.1 Å². The molecule has 1 aromatic heterocycles. The molecule has 0 unspecified atom stereocenters. The molecule has 4 nitrogen and oxygen atoms in total. The number of rotatable bonds is 7. The van der Waals surface area contributed by atoms with Crippen LogP contribution in [0.5, 0.6) is 0 Å². The maximum Gasteiger partial charge on any atom is 0.234 e. The molecule has 0 saturated heterocycles. The van der Waals surface area contributed by atoms with Gasteiger partial charge in [0.05, 0.1) is 13.1 Å². The van der Waals surface area contributed by atoms with Crippen LogP contribution in [0.2, 0.25) is 0 Å². The Bertz CT molecular complexity index is 362. The van der Waals surface area contributed by atoms with Crippen LogP contribution in [0.25, 0.3) is 0 Å². The molecule has 0 spiro atoms. The third-order valence-corrected chi connectivity index (χ3v) is 3.58. The molecule has 102 valence electrons. The van der Waals surface area contributed by atoms with Crippen LogP contribution in [0.4, 0.5) is 0 Å². The highest BCUT2D eigenvalue weighted by molar-refractivity contribution is 7.09. The van der Waals surface area contributed by atoms with Crippen molar-refractivity contribution in [1.82, 2.24) is 10.2 Å². The first-order valence-electron chi connectivity index (χ1n) is 6.10. The predicted octanol–water partition coefficient (Wildman–Crippen LogP) is 1.28. The lowest BCUT2D eigenvalue weighted by molar-refractivity contribution is -0.122. The minimum atomic E-state index is 0.0444. The van der Waals surface area contributed by atoms with Gasteiger partial charge in [0.2, 0.25) is 5.91 Å². The summed E-state index contributed by atoms with van der Waals surface area (Å²) in [5.41, 5.74) is 5.73. The lowest BCUT2D eigenvalue weighted by Gasteiger charge is -2.28. The summed E-state index contributed by atoms with van der Waals surface area (Å²) in [6.07, 6.45) is 0. The van der Waals surface area contributed by atoms with E-state index in [9.17, 15) is 4.79 Å². The summed E-state index contributed by atoms with van der Waals surface area (Å²) < 4.78 is 0. The van der Waals surface area contributed by atoms with Gasteiger partial charge in [0.25, 0.3) is 0 Å². The van der Waals surface area contributed by atoms with Gasteiger partial charge < -0.3 is 11.1 Å². The van der Waals surface area contributed by atoms with Crippen molar-refractivity contribution in [3.05, 3.63) is 22.4 Å². The predicted molar refractivity (Wildman–Crippen MR) is 76.5 cm³/mol. The molecule has 0 aliphatic rings. The lowest BCUT2D eigenvalue weighted by Crippen LogP contribution is -2.41. The molecule has 3 N–H and O–H groups in total. The lowest BCUT2D eigenvalue weighted by atomic mass is 9.93. The number of thiophene rings is 1. The molecule has 1 rings (SSSR count). The van der Waals surface area contributed by atoms with Crippen LogP contribution in [0.3, 0.4) is 0 Å². The fraction of sp³-hybridized carbons (Fsp3) is 0.615. The van der Waals surface area contributed by atoms with Crippen LogP contribution in [0.15, 0.2) is 17.5 Å². The van der Waals surface area contributed by atoms with Gasteiger partial charge in [0.15, 0.2) is 0 Å². The number of carbonyl (C=O) groups excluding carboxylic acids is 1. The Kier molecular flexibility index (Phi) is 5.78. The second-order valence-corrected chi connectivity index (χ2v) is 6.43. The van der Waals surface area contributed by atoms with Gasteiger partial charge >= 0.3 is 0 Å². The van der Waals surface area contributed by atoms with E-state index in [0.717, 1.165) is 6.54 Å². The standard InChI is InChI=1S/C13H23N3OS/c1-13(2,9-14)10-16(3)8-12(17)15-7-11-5-4-6-18-11/h4-6H,7-10,14H2,1-3H3,(H,15,17). The Balaban J connectivity index is 2.27. The summed E-state index contributed by atoms with van der Waals surface area (Å²) >= 11 is 1.65. The Labute approximate surface area is 113 Å². The monoisotopic (exact) mass is 269 g/mol. The first-order valence-corrected chi connectivity index (χ1v) is 6.98. The molecule has 18 heavy (non-hydrogen) atoms. The molecule has 1 amide bonds. The highest BCUT2D eigenvalue weighted by Crippen LogP contribution is 2.13. The van der Waals surface area contributed by atoms with Gasteiger partial charge in [-0.2, -0.15) is 0 Å². The quantitative estimate of drug-likeness (QED) is 0.784. The van der Waals surface area contributed by atoms with E-state index in [-0.39, 0.29) is 11.3 Å². The van der Waals surface area contributed by atoms with Crippen molar-refractivity contribution in [3.8, 4) is 0 Å². The van der Waals surface area contributed by atoms with E-state index in [1.807, 2.05) is 29.5 Å². The van der Waals surface area contributed by atoms with Crippen molar-refractivity contribution in [3.63, 3.8) is 0 Å². The summed E-state index contributed by atoms with van der Waals surface area (Å²) in [6.45, 7) is 6.67. The third-order valence-electron chi connectivity index (χ3n) is 2.70. The Morgan fingerprint density at radius 1 is 1.56 bits per heavy atom. The fourth-order valence-corrected chi connectivity index (χ4v) is 2.40. The van der Waals surface area contributed by atoms with E-state index in [4.69, 9.17) is 5.73 Å². The summed E-state index contributed by atoms with van der Waals surface area (Å²) in [4.78, 5) is 14.9. The van der Waals surface area contributed by atoms with E-state index in [0.29, 0.717) is 19.6 Å². The number of nitrogens with two attached hydrogens (primary N) is 1. The maximum atomic E-state index is 11.7. The van der Waals surface area contributed by atoms with Crippen LogP contribution in [0, 0.1) is 5.41 Å². The molecule has 0 aliphatic carbocycles. The van der Waals surface area contributed by atoms with Crippen LogP contribution in [0.1, 0.15) is 18.7 Å². The van der Waals surface area contributed by atoms with Gasteiger partial charge in [-0.05, 0) is 30.5 Å². The van der Waals surface area contributed by atoms with E-state index in [1.54, 1.807) is 11.3 Å². The molecule has 5 heteroatoms. The SMILES string of the molecule is CN(CC(=O)NCc1cccs1)CC(C)(C)CN. The first kappa shape index (κ1) is 15.1. The molecule has 1 aromatic rings. The highest BCUT2D eigenvalue weighted by atomic mass is 32.1. The maximum absolute atomic E-state index is 11.7. The largest absolute Gasteiger partial charge is 0.350 e.